The Hall–Kier alpha value is -4.45. The Morgan fingerprint density at radius 2 is 1.95 bits per heavy atom. The van der Waals surface area contributed by atoms with E-state index < -0.39 is 43.0 Å². The van der Waals surface area contributed by atoms with Crippen molar-refractivity contribution in [1.29, 1.82) is 5.26 Å². The van der Waals surface area contributed by atoms with Crippen LogP contribution in [-0.2, 0) is 0 Å². The van der Waals surface area contributed by atoms with Gasteiger partial charge in [-0.15, -0.1) is 0 Å². The lowest BCUT2D eigenvalue weighted by molar-refractivity contribution is -0.143. The molecular formula is C27H29F4N7O4. The lowest BCUT2D eigenvalue weighted by Gasteiger charge is -2.39. The molecule has 1 aliphatic rings. The molecule has 0 bridgehead atoms. The fraction of sp³-hybridized carbons (Fsp3) is 0.444. The first-order valence-electron chi connectivity index (χ1n) is 13.0. The fourth-order valence-corrected chi connectivity index (χ4v) is 4.64. The van der Waals surface area contributed by atoms with E-state index in [4.69, 9.17) is 10.4 Å². The molecule has 3 heterocycles. The second-order valence-electron chi connectivity index (χ2n) is 10.8. The molecular weight excluding hydrogens is 562 g/mol. The Labute approximate surface area is 237 Å². The van der Waals surface area contributed by atoms with Crippen molar-refractivity contribution in [3.8, 4) is 17.5 Å². The van der Waals surface area contributed by atoms with E-state index in [0.717, 1.165) is 0 Å². The molecule has 4 rings (SSSR count). The van der Waals surface area contributed by atoms with Gasteiger partial charge in [0.05, 0.1) is 52.1 Å². The maximum absolute atomic E-state index is 14.3. The molecule has 3 aromatic rings. The van der Waals surface area contributed by atoms with Crippen molar-refractivity contribution in [1.82, 2.24) is 24.8 Å². The van der Waals surface area contributed by atoms with Gasteiger partial charge in [0.15, 0.2) is 0 Å². The summed E-state index contributed by atoms with van der Waals surface area (Å²) >= 11 is 0. The van der Waals surface area contributed by atoms with Gasteiger partial charge in [-0.3, -0.25) is 14.7 Å². The van der Waals surface area contributed by atoms with E-state index in [1.54, 1.807) is 28.8 Å². The van der Waals surface area contributed by atoms with E-state index in [1.807, 2.05) is 6.07 Å². The smallest absolute Gasteiger partial charge is 0.407 e. The minimum atomic E-state index is -4.66. The number of alkyl halides is 4. The van der Waals surface area contributed by atoms with Crippen LogP contribution in [0.3, 0.4) is 0 Å². The standard InChI is InChI=1S/C27H29F4N7O4/c1-26(2,42)23(28)12-34-24(39)19-11-33-21(22-4-3-18-7-16(9-32)10-35-38(18)22)8-20(19)36-17-5-15(6-17)13-37(25(40)41)14-27(29,30)31/h3-4,7-8,10-11,15,17,23,42H,5-6,12-14H2,1-2H3,(H,33,36)(H,34,39)(H,40,41). The average Bonchev–Trinajstić information content (AvgIpc) is 3.31. The van der Waals surface area contributed by atoms with Crippen LogP contribution in [0.2, 0.25) is 0 Å². The number of carboxylic acid groups (broad SMARTS) is 1. The number of amides is 2. The highest BCUT2D eigenvalue weighted by molar-refractivity contribution is 6.00. The molecule has 0 spiro atoms. The molecule has 0 aromatic carbocycles. The summed E-state index contributed by atoms with van der Waals surface area (Å²) < 4.78 is 54.2. The summed E-state index contributed by atoms with van der Waals surface area (Å²) in [6, 6.07) is 8.42. The summed E-state index contributed by atoms with van der Waals surface area (Å²) in [4.78, 5) is 29.0. The fourth-order valence-electron chi connectivity index (χ4n) is 4.64. The number of nitrogens with one attached hydrogen (secondary N) is 2. The summed E-state index contributed by atoms with van der Waals surface area (Å²) in [5.41, 5.74) is 0.648. The van der Waals surface area contributed by atoms with E-state index in [1.165, 1.54) is 26.2 Å². The summed E-state index contributed by atoms with van der Waals surface area (Å²) in [6.45, 7) is 0.229. The van der Waals surface area contributed by atoms with Crippen molar-refractivity contribution in [2.75, 3.05) is 25.0 Å². The highest BCUT2D eigenvalue weighted by Gasteiger charge is 2.37. The van der Waals surface area contributed by atoms with Gasteiger partial charge in [-0.05, 0) is 56.9 Å². The monoisotopic (exact) mass is 591 g/mol. The normalized spacial score (nSPS) is 17.7. The molecule has 224 valence electrons. The number of pyridine rings is 1. The van der Waals surface area contributed by atoms with Crippen LogP contribution in [0.4, 0.5) is 28.0 Å². The van der Waals surface area contributed by atoms with Crippen molar-refractivity contribution in [3.63, 3.8) is 0 Å². The van der Waals surface area contributed by atoms with Crippen LogP contribution in [0.1, 0.15) is 42.6 Å². The van der Waals surface area contributed by atoms with Gasteiger partial charge in [-0.25, -0.2) is 13.7 Å². The molecule has 0 radical (unpaired) electrons. The third-order valence-corrected chi connectivity index (χ3v) is 6.96. The van der Waals surface area contributed by atoms with Gasteiger partial charge in [0.2, 0.25) is 0 Å². The van der Waals surface area contributed by atoms with E-state index in [0.29, 0.717) is 45.9 Å². The Morgan fingerprint density at radius 1 is 1.24 bits per heavy atom. The number of aliphatic hydroxyl groups is 1. The van der Waals surface area contributed by atoms with Gasteiger partial charge in [0, 0.05) is 18.8 Å². The molecule has 1 saturated carbocycles. The van der Waals surface area contributed by atoms with Crippen molar-refractivity contribution < 1.29 is 37.4 Å². The zero-order chi connectivity index (χ0) is 30.8. The van der Waals surface area contributed by atoms with Crippen LogP contribution < -0.4 is 10.6 Å². The predicted molar refractivity (Wildman–Crippen MR) is 142 cm³/mol. The SMILES string of the molecule is CC(C)(O)C(F)CNC(=O)c1cnc(-c2ccc3cc(C#N)cnn23)cc1NC1CC(CN(CC(F)(F)F)C(=O)O)C1. The number of hydrogen-bond acceptors (Lipinski definition) is 7. The quantitative estimate of drug-likeness (QED) is 0.259. The number of aromatic nitrogens is 3. The zero-order valence-electron chi connectivity index (χ0n) is 22.7. The molecule has 2 amide bonds. The van der Waals surface area contributed by atoms with Crippen molar-refractivity contribution in [2.24, 2.45) is 5.92 Å². The van der Waals surface area contributed by atoms with E-state index in [9.17, 15) is 32.3 Å². The zero-order valence-corrected chi connectivity index (χ0v) is 22.7. The largest absolute Gasteiger partial charge is 0.465 e. The van der Waals surface area contributed by atoms with Crippen LogP contribution in [0, 0.1) is 17.2 Å². The summed E-state index contributed by atoms with van der Waals surface area (Å²) in [5, 5.41) is 38.1. The van der Waals surface area contributed by atoms with Gasteiger partial charge < -0.3 is 20.8 Å². The minimum absolute atomic E-state index is 0.0648. The van der Waals surface area contributed by atoms with Gasteiger partial charge >= 0.3 is 12.3 Å². The summed E-state index contributed by atoms with van der Waals surface area (Å²) in [6.07, 6.45) is -4.69. The molecule has 11 nitrogen and oxygen atoms in total. The van der Waals surface area contributed by atoms with Gasteiger partial charge in [0.25, 0.3) is 5.91 Å². The molecule has 15 heteroatoms. The van der Waals surface area contributed by atoms with Crippen LogP contribution in [0.5, 0.6) is 0 Å². The summed E-state index contributed by atoms with van der Waals surface area (Å²) in [7, 11) is 0. The molecule has 1 unspecified atom stereocenters. The number of nitrogens with zero attached hydrogens (tertiary/aromatic N) is 5. The Bertz CT molecular complexity index is 1510. The first-order chi connectivity index (χ1) is 19.6. The lowest BCUT2D eigenvalue weighted by Crippen LogP contribution is -2.46. The molecule has 3 aromatic heterocycles. The third kappa shape index (κ3) is 7.24. The maximum Gasteiger partial charge on any atom is 0.407 e. The van der Waals surface area contributed by atoms with Crippen LogP contribution in [0.15, 0.2) is 36.7 Å². The first-order valence-corrected chi connectivity index (χ1v) is 13.0. The van der Waals surface area contributed by atoms with Gasteiger partial charge in [0.1, 0.15) is 18.8 Å². The molecule has 1 atom stereocenters. The van der Waals surface area contributed by atoms with Crippen LogP contribution in [0.25, 0.3) is 16.9 Å². The minimum Gasteiger partial charge on any atom is -0.465 e. The highest BCUT2D eigenvalue weighted by Crippen LogP contribution is 2.34. The van der Waals surface area contributed by atoms with Crippen LogP contribution >= 0.6 is 0 Å². The second-order valence-corrected chi connectivity index (χ2v) is 10.8. The number of fused-ring (bicyclic) bond motifs is 1. The molecule has 42 heavy (non-hydrogen) atoms. The molecule has 1 fully saturated rings. The Kier molecular flexibility index (Phi) is 8.58. The number of halogens is 4. The molecule has 0 aliphatic heterocycles. The molecule has 4 N–H and O–H groups in total. The second kappa shape index (κ2) is 11.8. The number of carbonyl (C=O) groups is 2. The van der Waals surface area contributed by atoms with Crippen molar-refractivity contribution in [2.45, 2.75) is 50.7 Å². The number of nitriles is 1. The number of hydrogen-bond donors (Lipinski definition) is 4. The van der Waals surface area contributed by atoms with Crippen LogP contribution in [-0.4, -0.2) is 85.3 Å². The van der Waals surface area contributed by atoms with Gasteiger partial charge in [-0.1, -0.05) is 0 Å². The number of rotatable bonds is 10. The first kappa shape index (κ1) is 30.5. The maximum atomic E-state index is 14.3. The Morgan fingerprint density at radius 3 is 2.57 bits per heavy atom. The predicted octanol–water partition coefficient (Wildman–Crippen LogP) is 3.84. The molecule has 0 saturated heterocycles. The highest BCUT2D eigenvalue weighted by atomic mass is 19.4. The topological polar surface area (TPSA) is 156 Å². The third-order valence-electron chi connectivity index (χ3n) is 6.96. The Balaban J connectivity index is 1.55. The van der Waals surface area contributed by atoms with E-state index in [2.05, 4.69) is 20.7 Å². The lowest BCUT2D eigenvalue weighted by atomic mass is 9.79. The summed E-state index contributed by atoms with van der Waals surface area (Å²) in [5.74, 6) is -0.995. The molecule has 1 aliphatic carbocycles. The average molecular weight is 592 g/mol. The van der Waals surface area contributed by atoms with Gasteiger partial charge in [-0.2, -0.15) is 23.5 Å². The number of anilines is 1. The van der Waals surface area contributed by atoms with Crippen molar-refractivity contribution in [3.05, 3.63) is 47.8 Å². The van der Waals surface area contributed by atoms with E-state index in [-0.39, 0.29) is 24.1 Å². The van der Waals surface area contributed by atoms with E-state index >= 15 is 0 Å². The van der Waals surface area contributed by atoms with Crippen molar-refractivity contribution >= 4 is 23.2 Å². The number of carbonyl (C=O) groups excluding carboxylic acids is 1.